The van der Waals surface area contributed by atoms with E-state index in [-0.39, 0.29) is 0 Å². The van der Waals surface area contributed by atoms with Gasteiger partial charge in [-0.1, -0.05) is 0 Å². The van der Waals surface area contributed by atoms with Crippen LogP contribution >= 0.6 is 23.5 Å². The fourth-order valence-corrected chi connectivity index (χ4v) is 2.25. The van der Waals surface area contributed by atoms with E-state index in [1.165, 1.54) is 5.75 Å². The highest BCUT2D eigenvalue weighted by Gasteiger charge is 2.10. The van der Waals surface area contributed by atoms with Crippen molar-refractivity contribution in [2.75, 3.05) is 23.5 Å². The van der Waals surface area contributed by atoms with E-state index in [0.29, 0.717) is 0 Å². The summed E-state index contributed by atoms with van der Waals surface area (Å²) in [4.78, 5) is 0. The molecule has 0 spiro atoms. The van der Waals surface area contributed by atoms with Crippen molar-refractivity contribution in [1.82, 2.24) is 0 Å². The van der Waals surface area contributed by atoms with Gasteiger partial charge in [-0.2, -0.15) is 23.5 Å². The maximum Gasteiger partial charge on any atom is 0.0681 e. The van der Waals surface area contributed by atoms with Crippen molar-refractivity contribution in [3.05, 3.63) is 0 Å². The van der Waals surface area contributed by atoms with Crippen LogP contribution in [0.15, 0.2) is 0 Å². The number of thioether (sulfide) groups is 2. The Morgan fingerprint density at radius 3 is 2.30 bits per heavy atom. The lowest BCUT2D eigenvalue weighted by molar-refractivity contribution is 0.107. The number of rotatable bonds is 5. The fourth-order valence-electron chi connectivity index (χ4n) is 0.464. The molecule has 0 atom stereocenters. The van der Waals surface area contributed by atoms with Crippen molar-refractivity contribution in [2.24, 2.45) is 0 Å². The van der Waals surface area contributed by atoms with Gasteiger partial charge in [0.05, 0.1) is 5.60 Å². The Morgan fingerprint density at radius 2 is 1.90 bits per heavy atom. The summed E-state index contributed by atoms with van der Waals surface area (Å²) in [6.07, 6.45) is 2.10. The normalized spacial score (nSPS) is 12.0. The first kappa shape index (κ1) is 10.7. The second-order valence-corrected chi connectivity index (χ2v) is 4.95. The van der Waals surface area contributed by atoms with Gasteiger partial charge in [0.25, 0.3) is 0 Å². The lowest BCUT2D eigenvalue weighted by Gasteiger charge is -2.15. The van der Waals surface area contributed by atoms with E-state index in [2.05, 4.69) is 6.26 Å². The van der Waals surface area contributed by atoms with Crippen molar-refractivity contribution in [2.45, 2.75) is 19.4 Å². The average Bonchev–Trinajstić information content (AvgIpc) is 1.78. The smallest absolute Gasteiger partial charge is 0.0681 e. The SMILES string of the molecule is CSCCSCC(C)(C)O. The summed E-state index contributed by atoms with van der Waals surface area (Å²) >= 11 is 3.66. The third-order valence-corrected chi connectivity index (χ3v) is 3.16. The van der Waals surface area contributed by atoms with Crippen LogP contribution in [0, 0.1) is 0 Å². The molecule has 1 nitrogen and oxygen atoms in total. The zero-order chi connectivity index (χ0) is 8.04. The molecule has 0 saturated heterocycles. The van der Waals surface area contributed by atoms with Crippen molar-refractivity contribution in [1.29, 1.82) is 0 Å². The minimum Gasteiger partial charge on any atom is -0.390 e. The Balaban J connectivity index is 3.04. The second-order valence-electron chi connectivity index (χ2n) is 2.86. The van der Waals surface area contributed by atoms with Gasteiger partial charge in [-0.3, -0.25) is 0 Å². The minimum atomic E-state index is -0.497. The predicted molar refractivity (Wildman–Crippen MR) is 52.0 cm³/mol. The Bertz CT molecular complexity index is 78.2. The number of hydrogen-bond acceptors (Lipinski definition) is 3. The summed E-state index contributed by atoms with van der Waals surface area (Å²) in [7, 11) is 0. The van der Waals surface area contributed by atoms with E-state index >= 15 is 0 Å². The molecular formula is C7H16OS2. The highest BCUT2D eigenvalue weighted by molar-refractivity contribution is 8.02. The monoisotopic (exact) mass is 180 g/mol. The predicted octanol–water partition coefficient (Wildman–Crippen LogP) is 1.85. The largest absolute Gasteiger partial charge is 0.390 e. The summed E-state index contributed by atoms with van der Waals surface area (Å²) in [5, 5.41) is 9.29. The summed E-state index contributed by atoms with van der Waals surface area (Å²) in [6, 6.07) is 0. The molecule has 0 saturated carbocycles. The molecule has 10 heavy (non-hydrogen) atoms. The molecular weight excluding hydrogens is 164 g/mol. The first-order valence-corrected chi connectivity index (χ1v) is 5.90. The lowest BCUT2D eigenvalue weighted by Crippen LogP contribution is -2.22. The van der Waals surface area contributed by atoms with Crippen LogP contribution in [0.2, 0.25) is 0 Å². The molecule has 0 amide bonds. The quantitative estimate of drug-likeness (QED) is 0.652. The van der Waals surface area contributed by atoms with Gasteiger partial charge in [0, 0.05) is 17.3 Å². The maximum atomic E-state index is 9.29. The highest BCUT2D eigenvalue weighted by Crippen LogP contribution is 2.12. The van der Waals surface area contributed by atoms with E-state index in [1.54, 1.807) is 0 Å². The molecule has 0 aliphatic rings. The van der Waals surface area contributed by atoms with Crippen LogP contribution in [0.25, 0.3) is 0 Å². The van der Waals surface area contributed by atoms with Gasteiger partial charge >= 0.3 is 0 Å². The Hall–Kier alpha value is 0.660. The summed E-state index contributed by atoms with van der Waals surface area (Å²) < 4.78 is 0. The third kappa shape index (κ3) is 8.66. The Labute approximate surface area is 72.0 Å². The molecule has 0 aliphatic heterocycles. The molecule has 0 aliphatic carbocycles. The summed E-state index contributed by atoms with van der Waals surface area (Å²) in [6.45, 7) is 3.69. The van der Waals surface area contributed by atoms with Crippen molar-refractivity contribution >= 4 is 23.5 Å². The van der Waals surface area contributed by atoms with E-state index < -0.39 is 5.60 Å². The first-order chi connectivity index (χ1) is 4.56. The van der Waals surface area contributed by atoms with Crippen molar-refractivity contribution < 1.29 is 5.11 Å². The topological polar surface area (TPSA) is 20.2 Å². The second kappa shape index (κ2) is 5.33. The Kier molecular flexibility index (Phi) is 5.68. The van der Waals surface area contributed by atoms with Crippen LogP contribution < -0.4 is 0 Å². The van der Waals surface area contributed by atoms with Crippen LogP contribution in [-0.4, -0.2) is 34.2 Å². The standard InChI is InChI=1S/C7H16OS2/c1-7(2,8)6-10-5-4-9-3/h8H,4-6H2,1-3H3. The molecule has 0 unspecified atom stereocenters. The molecule has 1 N–H and O–H groups in total. The van der Waals surface area contributed by atoms with Gasteiger partial charge in [0.2, 0.25) is 0 Å². The van der Waals surface area contributed by atoms with Gasteiger partial charge in [-0.05, 0) is 20.1 Å². The molecule has 3 heteroatoms. The van der Waals surface area contributed by atoms with Gasteiger partial charge in [0.15, 0.2) is 0 Å². The molecule has 0 heterocycles. The van der Waals surface area contributed by atoms with E-state index in [1.807, 2.05) is 37.4 Å². The van der Waals surface area contributed by atoms with Gasteiger partial charge in [-0.15, -0.1) is 0 Å². The Morgan fingerprint density at radius 1 is 1.30 bits per heavy atom. The van der Waals surface area contributed by atoms with Crippen LogP contribution in [-0.2, 0) is 0 Å². The van der Waals surface area contributed by atoms with Crippen LogP contribution in [0.4, 0.5) is 0 Å². The van der Waals surface area contributed by atoms with Crippen LogP contribution in [0.3, 0.4) is 0 Å². The average molecular weight is 180 g/mol. The maximum absolute atomic E-state index is 9.29. The molecule has 0 aromatic heterocycles. The van der Waals surface area contributed by atoms with Gasteiger partial charge in [0.1, 0.15) is 0 Å². The van der Waals surface area contributed by atoms with E-state index in [9.17, 15) is 5.11 Å². The number of aliphatic hydroxyl groups is 1. The fraction of sp³-hybridized carbons (Fsp3) is 1.00. The first-order valence-electron chi connectivity index (χ1n) is 3.35. The van der Waals surface area contributed by atoms with Gasteiger partial charge in [-0.25, -0.2) is 0 Å². The highest BCUT2D eigenvalue weighted by atomic mass is 32.2. The summed E-state index contributed by atoms with van der Waals surface area (Å²) in [5.74, 6) is 3.17. The number of hydrogen-bond donors (Lipinski definition) is 1. The molecule has 0 rings (SSSR count). The van der Waals surface area contributed by atoms with Crippen molar-refractivity contribution in [3.63, 3.8) is 0 Å². The molecule has 0 fully saturated rings. The van der Waals surface area contributed by atoms with Crippen LogP contribution in [0.5, 0.6) is 0 Å². The molecule has 0 aromatic rings. The van der Waals surface area contributed by atoms with E-state index in [0.717, 1.165) is 11.5 Å². The molecule has 0 aromatic carbocycles. The van der Waals surface area contributed by atoms with E-state index in [4.69, 9.17) is 0 Å². The zero-order valence-electron chi connectivity index (χ0n) is 6.89. The third-order valence-electron chi connectivity index (χ3n) is 0.887. The zero-order valence-corrected chi connectivity index (χ0v) is 8.52. The minimum absolute atomic E-state index is 0.497. The van der Waals surface area contributed by atoms with Crippen LogP contribution in [0.1, 0.15) is 13.8 Å². The molecule has 0 bridgehead atoms. The molecule has 0 radical (unpaired) electrons. The van der Waals surface area contributed by atoms with Gasteiger partial charge < -0.3 is 5.11 Å². The lowest BCUT2D eigenvalue weighted by atomic mass is 10.2. The van der Waals surface area contributed by atoms with Crippen molar-refractivity contribution in [3.8, 4) is 0 Å². The summed E-state index contributed by atoms with van der Waals surface area (Å²) in [5.41, 5.74) is -0.497. The molecule has 62 valence electrons.